The summed E-state index contributed by atoms with van der Waals surface area (Å²) in [7, 11) is 0. The van der Waals surface area contributed by atoms with Gasteiger partial charge in [-0.25, -0.2) is 9.37 Å². The van der Waals surface area contributed by atoms with E-state index in [1.165, 1.54) is 12.1 Å². The van der Waals surface area contributed by atoms with E-state index in [2.05, 4.69) is 4.98 Å². The molecule has 5 heteroatoms. The smallest absolute Gasteiger partial charge is 0.147 e. The van der Waals surface area contributed by atoms with E-state index in [4.69, 9.17) is 17.3 Å². The van der Waals surface area contributed by atoms with Crippen LogP contribution in [-0.4, -0.2) is 9.55 Å². The van der Waals surface area contributed by atoms with Gasteiger partial charge in [0.25, 0.3) is 0 Å². The summed E-state index contributed by atoms with van der Waals surface area (Å²) < 4.78 is 15.9. The molecular formula is C15H13ClFN3. The summed E-state index contributed by atoms with van der Waals surface area (Å²) in [5.41, 5.74) is 8.38. The summed E-state index contributed by atoms with van der Waals surface area (Å²) in [4.78, 5) is 4.51. The monoisotopic (exact) mass is 289 g/mol. The van der Waals surface area contributed by atoms with E-state index in [1.54, 1.807) is 22.8 Å². The van der Waals surface area contributed by atoms with E-state index in [0.29, 0.717) is 22.8 Å². The maximum atomic E-state index is 14.1. The van der Waals surface area contributed by atoms with E-state index in [9.17, 15) is 4.39 Å². The molecule has 3 aromatic rings. The molecule has 0 aliphatic rings. The lowest BCUT2D eigenvalue weighted by Gasteiger charge is -2.10. The van der Waals surface area contributed by atoms with Crippen molar-refractivity contribution >= 4 is 28.3 Å². The summed E-state index contributed by atoms with van der Waals surface area (Å²) in [6.45, 7) is 1.98. The first-order valence-electron chi connectivity index (χ1n) is 6.32. The number of aromatic nitrogens is 2. The molecular weight excluding hydrogens is 277 g/mol. The van der Waals surface area contributed by atoms with Gasteiger partial charge in [-0.05, 0) is 36.4 Å². The van der Waals surface area contributed by atoms with Crippen molar-refractivity contribution in [2.75, 3.05) is 5.73 Å². The van der Waals surface area contributed by atoms with Crippen molar-refractivity contribution in [1.82, 2.24) is 9.55 Å². The Hall–Kier alpha value is -2.07. The van der Waals surface area contributed by atoms with Gasteiger partial charge < -0.3 is 5.73 Å². The Morgan fingerprint density at radius 3 is 2.80 bits per heavy atom. The molecule has 102 valence electrons. The van der Waals surface area contributed by atoms with Gasteiger partial charge in [-0.2, -0.15) is 0 Å². The second-order valence-electron chi connectivity index (χ2n) is 4.56. The molecule has 0 saturated carbocycles. The van der Waals surface area contributed by atoms with Crippen LogP contribution in [0.1, 0.15) is 12.7 Å². The third kappa shape index (κ3) is 2.02. The second kappa shape index (κ2) is 4.80. The molecule has 0 spiro atoms. The summed E-state index contributed by atoms with van der Waals surface area (Å²) >= 11 is 5.99. The van der Waals surface area contributed by atoms with Crippen LogP contribution in [0.3, 0.4) is 0 Å². The second-order valence-corrected chi connectivity index (χ2v) is 5.00. The molecule has 1 heterocycles. The van der Waals surface area contributed by atoms with Crippen LogP contribution in [-0.2, 0) is 6.42 Å². The number of imidazole rings is 1. The SMILES string of the molecule is CCc1nc2cc(N)ccc2n1-c1cc(Cl)ccc1F. The highest BCUT2D eigenvalue weighted by Crippen LogP contribution is 2.27. The number of rotatable bonds is 2. The van der Waals surface area contributed by atoms with Crippen molar-refractivity contribution in [2.24, 2.45) is 0 Å². The predicted molar refractivity (Wildman–Crippen MR) is 79.8 cm³/mol. The first-order chi connectivity index (χ1) is 9.60. The van der Waals surface area contributed by atoms with Gasteiger partial charge in [0.2, 0.25) is 0 Å². The Bertz CT molecular complexity index is 795. The molecule has 0 amide bonds. The van der Waals surface area contributed by atoms with Crippen molar-refractivity contribution in [1.29, 1.82) is 0 Å². The zero-order valence-corrected chi connectivity index (χ0v) is 11.7. The Kier molecular flexibility index (Phi) is 3.10. The third-order valence-corrected chi connectivity index (χ3v) is 3.45. The van der Waals surface area contributed by atoms with Gasteiger partial charge in [0.1, 0.15) is 11.6 Å². The number of aryl methyl sites for hydroxylation is 1. The Morgan fingerprint density at radius 2 is 2.05 bits per heavy atom. The van der Waals surface area contributed by atoms with E-state index < -0.39 is 0 Å². The highest BCUT2D eigenvalue weighted by molar-refractivity contribution is 6.30. The van der Waals surface area contributed by atoms with Crippen LogP contribution in [0.2, 0.25) is 5.02 Å². The minimum absolute atomic E-state index is 0.333. The Labute approximate surface area is 120 Å². The molecule has 2 N–H and O–H groups in total. The van der Waals surface area contributed by atoms with Crippen LogP contribution in [0.15, 0.2) is 36.4 Å². The highest BCUT2D eigenvalue weighted by atomic mass is 35.5. The molecule has 0 saturated heterocycles. The van der Waals surface area contributed by atoms with Crippen LogP contribution in [0.25, 0.3) is 16.7 Å². The first-order valence-corrected chi connectivity index (χ1v) is 6.70. The van der Waals surface area contributed by atoms with Gasteiger partial charge in [-0.15, -0.1) is 0 Å². The van der Waals surface area contributed by atoms with Crippen LogP contribution in [0.5, 0.6) is 0 Å². The van der Waals surface area contributed by atoms with Gasteiger partial charge >= 0.3 is 0 Å². The molecule has 0 aliphatic carbocycles. The largest absolute Gasteiger partial charge is 0.399 e. The fraction of sp³-hybridized carbons (Fsp3) is 0.133. The van der Waals surface area contributed by atoms with Crippen molar-refractivity contribution in [3.8, 4) is 5.69 Å². The van der Waals surface area contributed by atoms with Crippen molar-refractivity contribution < 1.29 is 4.39 Å². The van der Waals surface area contributed by atoms with Crippen molar-refractivity contribution in [3.63, 3.8) is 0 Å². The number of fused-ring (bicyclic) bond motifs is 1. The molecule has 1 aromatic heterocycles. The number of hydrogen-bond acceptors (Lipinski definition) is 2. The zero-order valence-electron chi connectivity index (χ0n) is 10.9. The Balaban J connectivity index is 2.37. The molecule has 0 atom stereocenters. The molecule has 20 heavy (non-hydrogen) atoms. The van der Waals surface area contributed by atoms with Gasteiger partial charge in [0, 0.05) is 17.1 Å². The van der Waals surface area contributed by atoms with Crippen LogP contribution >= 0.6 is 11.6 Å². The molecule has 0 aliphatic heterocycles. The average Bonchev–Trinajstić information content (AvgIpc) is 2.78. The van der Waals surface area contributed by atoms with Gasteiger partial charge in [0.15, 0.2) is 0 Å². The molecule has 0 unspecified atom stereocenters. The summed E-state index contributed by atoms with van der Waals surface area (Å²) in [5.74, 6) is 0.437. The normalized spacial score (nSPS) is 11.2. The molecule has 0 bridgehead atoms. The van der Waals surface area contributed by atoms with Gasteiger partial charge in [-0.3, -0.25) is 4.57 Å². The standard InChI is InChI=1S/C15H13ClFN3/c1-2-15-19-12-8-10(18)4-6-13(12)20(15)14-7-9(16)3-5-11(14)17/h3-8H,2,18H2,1H3. The molecule has 3 rings (SSSR count). The number of nitrogens with two attached hydrogens (primary N) is 1. The van der Waals surface area contributed by atoms with Crippen molar-refractivity contribution in [3.05, 3.63) is 53.1 Å². The van der Waals surface area contributed by atoms with E-state index in [-0.39, 0.29) is 5.82 Å². The van der Waals surface area contributed by atoms with E-state index >= 15 is 0 Å². The highest BCUT2D eigenvalue weighted by Gasteiger charge is 2.14. The summed E-state index contributed by atoms with van der Waals surface area (Å²) in [5, 5.41) is 0.487. The number of halogens is 2. The lowest BCUT2D eigenvalue weighted by molar-refractivity contribution is 0.617. The fourth-order valence-electron chi connectivity index (χ4n) is 2.31. The number of anilines is 1. The number of nitrogen functional groups attached to an aromatic ring is 1. The average molecular weight is 290 g/mol. The van der Waals surface area contributed by atoms with Gasteiger partial charge in [-0.1, -0.05) is 18.5 Å². The van der Waals surface area contributed by atoms with E-state index in [0.717, 1.165) is 16.9 Å². The number of nitrogens with zero attached hydrogens (tertiary/aromatic N) is 2. The third-order valence-electron chi connectivity index (χ3n) is 3.21. The minimum atomic E-state index is -0.333. The molecule has 0 radical (unpaired) electrons. The van der Waals surface area contributed by atoms with Crippen LogP contribution in [0, 0.1) is 5.82 Å². The zero-order chi connectivity index (χ0) is 14.3. The predicted octanol–water partition coefficient (Wildman–Crippen LogP) is 3.96. The molecule has 3 nitrogen and oxygen atoms in total. The summed E-state index contributed by atoms with van der Waals surface area (Å²) in [6, 6.07) is 9.91. The maximum absolute atomic E-state index is 14.1. The maximum Gasteiger partial charge on any atom is 0.147 e. The lowest BCUT2D eigenvalue weighted by Crippen LogP contribution is -2.02. The molecule has 2 aromatic carbocycles. The Morgan fingerprint density at radius 1 is 1.25 bits per heavy atom. The number of benzene rings is 2. The topological polar surface area (TPSA) is 43.8 Å². The van der Waals surface area contributed by atoms with E-state index in [1.807, 2.05) is 13.0 Å². The summed E-state index contributed by atoms with van der Waals surface area (Å²) in [6.07, 6.45) is 0.681. The quantitative estimate of drug-likeness (QED) is 0.726. The van der Waals surface area contributed by atoms with Crippen LogP contribution in [0.4, 0.5) is 10.1 Å². The van der Waals surface area contributed by atoms with Crippen LogP contribution < -0.4 is 5.73 Å². The lowest BCUT2D eigenvalue weighted by atomic mass is 10.2. The fourth-order valence-corrected chi connectivity index (χ4v) is 2.48. The number of hydrogen-bond donors (Lipinski definition) is 1. The molecule has 0 fully saturated rings. The minimum Gasteiger partial charge on any atom is -0.399 e. The van der Waals surface area contributed by atoms with Crippen molar-refractivity contribution in [2.45, 2.75) is 13.3 Å². The first kappa shape index (κ1) is 12.9. The van der Waals surface area contributed by atoms with Gasteiger partial charge in [0.05, 0.1) is 16.7 Å².